The van der Waals surface area contributed by atoms with Crippen LogP contribution in [0.1, 0.15) is 19.8 Å². The molecule has 2 aliphatic rings. The molecule has 1 atom stereocenters. The molecule has 0 radical (unpaired) electrons. The first kappa shape index (κ1) is 16.2. The minimum Gasteiger partial charge on any atom is -0.341 e. The summed E-state index contributed by atoms with van der Waals surface area (Å²) in [6, 6.07) is -0.289. The third-order valence-corrected chi connectivity index (χ3v) is 5.75. The maximum atomic E-state index is 12.3. The van der Waals surface area contributed by atoms with Crippen LogP contribution >= 0.6 is 0 Å². The van der Waals surface area contributed by atoms with Gasteiger partial charge >= 0.3 is 0 Å². The lowest BCUT2D eigenvalue weighted by Crippen LogP contribution is -2.48. The zero-order valence-electron chi connectivity index (χ0n) is 12.4. The molecule has 0 aliphatic carbocycles. The Bertz CT molecular complexity index is 506. The normalized spacial score (nSPS) is 26.2. The van der Waals surface area contributed by atoms with E-state index in [1.54, 1.807) is 9.80 Å². The van der Waals surface area contributed by atoms with Crippen molar-refractivity contribution in [3.05, 3.63) is 0 Å². The van der Waals surface area contributed by atoms with Crippen LogP contribution in [0, 0.1) is 0 Å². The van der Waals surface area contributed by atoms with Crippen molar-refractivity contribution in [2.24, 2.45) is 0 Å². The number of carbonyl (C=O) groups is 2. The SMILES string of the molecule is CC(=O)N1CCCN(C(=O)CC2CS(=O)(=O)CCN2)CC1. The van der Waals surface area contributed by atoms with Gasteiger partial charge in [0, 0.05) is 52.1 Å². The van der Waals surface area contributed by atoms with Crippen molar-refractivity contribution in [2.45, 2.75) is 25.8 Å². The lowest BCUT2D eigenvalue weighted by molar-refractivity contribution is -0.133. The van der Waals surface area contributed by atoms with Gasteiger partial charge in [-0.2, -0.15) is 0 Å². The van der Waals surface area contributed by atoms with Crippen LogP contribution in [0.15, 0.2) is 0 Å². The van der Waals surface area contributed by atoms with E-state index in [4.69, 9.17) is 0 Å². The fourth-order valence-corrected chi connectivity index (χ4v) is 4.26. The molecular formula is C13H23N3O4S. The average Bonchev–Trinajstić information content (AvgIpc) is 2.63. The standard InChI is InChI=1S/C13H23N3O4S/c1-11(17)15-4-2-5-16(7-6-15)13(18)9-12-10-21(19,20)8-3-14-12/h12,14H,2-10H2,1H3. The molecule has 0 aromatic heterocycles. The number of sulfone groups is 1. The van der Waals surface area contributed by atoms with Crippen LogP contribution in [-0.2, 0) is 19.4 Å². The van der Waals surface area contributed by atoms with Crippen molar-refractivity contribution in [1.82, 2.24) is 15.1 Å². The molecule has 7 nitrogen and oxygen atoms in total. The van der Waals surface area contributed by atoms with E-state index in [2.05, 4.69) is 5.32 Å². The minimum atomic E-state index is -3.02. The molecule has 8 heteroatoms. The van der Waals surface area contributed by atoms with Gasteiger partial charge in [0.05, 0.1) is 11.5 Å². The summed E-state index contributed by atoms with van der Waals surface area (Å²) in [5.74, 6) is 0.181. The van der Waals surface area contributed by atoms with Crippen LogP contribution in [-0.4, -0.2) is 80.3 Å². The number of amides is 2. The van der Waals surface area contributed by atoms with Crippen LogP contribution < -0.4 is 5.32 Å². The van der Waals surface area contributed by atoms with Crippen LogP contribution in [0.2, 0.25) is 0 Å². The van der Waals surface area contributed by atoms with E-state index in [9.17, 15) is 18.0 Å². The van der Waals surface area contributed by atoms with E-state index in [1.165, 1.54) is 6.92 Å². The molecule has 1 N–H and O–H groups in total. The second kappa shape index (κ2) is 6.74. The van der Waals surface area contributed by atoms with Crippen molar-refractivity contribution in [3.63, 3.8) is 0 Å². The summed E-state index contributed by atoms with van der Waals surface area (Å²) in [5.41, 5.74) is 0. The van der Waals surface area contributed by atoms with Gasteiger partial charge in [-0.15, -0.1) is 0 Å². The zero-order valence-corrected chi connectivity index (χ0v) is 13.2. The number of rotatable bonds is 2. The Morgan fingerprint density at radius 1 is 1.14 bits per heavy atom. The lowest BCUT2D eigenvalue weighted by atomic mass is 10.2. The first-order valence-electron chi connectivity index (χ1n) is 7.34. The fraction of sp³-hybridized carbons (Fsp3) is 0.846. The van der Waals surface area contributed by atoms with E-state index in [0.29, 0.717) is 32.7 Å². The number of carbonyl (C=O) groups excluding carboxylic acids is 2. The maximum absolute atomic E-state index is 12.3. The van der Waals surface area contributed by atoms with Gasteiger partial charge in [0.15, 0.2) is 9.84 Å². The summed E-state index contributed by atoms with van der Waals surface area (Å²) >= 11 is 0. The van der Waals surface area contributed by atoms with Gasteiger partial charge in [0.1, 0.15) is 0 Å². The lowest BCUT2D eigenvalue weighted by Gasteiger charge is -2.27. The molecule has 2 aliphatic heterocycles. The van der Waals surface area contributed by atoms with E-state index in [1.807, 2.05) is 0 Å². The Balaban J connectivity index is 1.87. The summed E-state index contributed by atoms with van der Waals surface area (Å²) in [5, 5.41) is 3.10. The minimum absolute atomic E-state index is 0.0318. The zero-order chi connectivity index (χ0) is 15.5. The Morgan fingerprint density at radius 3 is 2.48 bits per heavy atom. The third kappa shape index (κ3) is 4.67. The van der Waals surface area contributed by atoms with Gasteiger partial charge in [-0.1, -0.05) is 0 Å². The molecule has 0 bridgehead atoms. The number of nitrogens with one attached hydrogen (secondary N) is 1. The van der Waals surface area contributed by atoms with Gasteiger partial charge < -0.3 is 15.1 Å². The Kier molecular flexibility index (Phi) is 5.21. The number of hydrogen-bond donors (Lipinski definition) is 1. The molecule has 2 amide bonds. The molecule has 0 aromatic rings. The largest absolute Gasteiger partial charge is 0.341 e. The molecule has 2 rings (SSSR count). The smallest absolute Gasteiger partial charge is 0.224 e. The first-order chi connectivity index (χ1) is 9.87. The van der Waals surface area contributed by atoms with Gasteiger partial charge in [-0.05, 0) is 6.42 Å². The third-order valence-electron chi connectivity index (χ3n) is 4.02. The quantitative estimate of drug-likeness (QED) is 0.694. The van der Waals surface area contributed by atoms with E-state index >= 15 is 0 Å². The van der Waals surface area contributed by atoms with Crippen molar-refractivity contribution in [3.8, 4) is 0 Å². The molecule has 2 heterocycles. The molecule has 0 aromatic carbocycles. The first-order valence-corrected chi connectivity index (χ1v) is 9.16. The van der Waals surface area contributed by atoms with Crippen LogP contribution in [0.25, 0.3) is 0 Å². The molecule has 120 valence electrons. The molecule has 0 saturated carbocycles. The topological polar surface area (TPSA) is 86.8 Å². The van der Waals surface area contributed by atoms with E-state index in [0.717, 1.165) is 6.42 Å². The van der Waals surface area contributed by atoms with E-state index < -0.39 is 9.84 Å². The predicted octanol–water partition coefficient (Wildman–Crippen LogP) is -1.16. The van der Waals surface area contributed by atoms with Crippen LogP contribution in [0.5, 0.6) is 0 Å². The number of hydrogen-bond acceptors (Lipinski definition) is 5. The monoisotopic (exact) mass is 317 g/mol. The molecule has 21 heavy (non-hydrogen) atoms. The molecule has 0 spiro atoms. The highest BCUT2D eigenvalue weighted by Crippen LogP contribution is 2.10. The van der Waals surface area contributed by atoms with Crippen molar-refractivity contribution >= 4 is 21.7 Å². The van der Waals surface area contributed by atoms with Crippen LogP contribution in [0.4, 0.5) is 0 Å². The number of nitrogens with zero attached hydrogens (tertiary/aromatic N) is 2. The second-order valence-electron chi connectivity index (χ2n) is 5.71. The Labute approximate surface area is 125 Å². The summed E-state index contributed by atoms with van der Waals surface area (Å²) in [6.45, 7) is 4.33. The van der Waals surface area contributed by atoms with Crippen LogP contribution in [0.3, 0.4) is 0 Å². The maximum Gasteiger partial charge on any atom is 0.224 e. The highest BCUT2D eigenvalue weighted by molar-refractivity contribution is 7.91. The highest BCUT2D eigenvalue weighted by Gasteiger charge is 2.28. The molecular weight excluding hydrogens is 294 g/mol. The second-order valence-corrected chi connectivity index (χ2v) is 7.94. The fourth-order valence-electron chi connectivity index (χ4n) is 2.82. The summed E-state index contributed by atoms with van der Waals surface area (Å²) in [4.78, 5) is 27.1. The Hall–Kier alpha value is -1.15. The van der Waals surface area contributed by atoms with Gasteiger partial charge in [0.2, 0.25) is 11.8 Å². The van der Waals surface area contributed by atoms with Crippen molar-refractivity contribution in [1.29, 1.82) is 0 Å². The summed E-state index contributed by atoms with van der Waals surface area (Å²) in [7, 11) is -3.02. The predicted molar refractivity (Wildman–Crippen MR) is 78.5 cm³/mol. The van der Waals surface area contributed by atoms with Gasteiger partial charge in [0.25, 0.3) is 0 Å². The Morgan fingerprint density at radius 2 is 1.81 bits per heavy atom. The molecule has 2 fully saturated rings. The molecule has 1 unspecified atom stereocenters. The van der Waals surface area contributed by atoms with Crippen molar-refractivity contribution < 1.29 is 18.0 Å². The highest BCUT2D eigenvalue weighted by atomic mass is 32.2. The average molecular weight is 317 g/mol. The van der Waals surface area contributed by atoms with Gasteiger partial charge in [-0.25, -0.2) is 8.42 Å². The van der Waals surface area contributed by atoms with Crippen molar-refractivity contribution in [2.75, 3.05) is 44.2 Å². The molecule has 2 saturated heterocycles. The summed E-state index contributed by atoms with van der Waals surface area (Å²) in [6.07, 6.45) is 0.973. The van der Waals surface area contributed by atoms with Gasteiger partial charge in [-0.3, -0.25) is 9.59 Å². The summed E-state index contributed by atoms with van der Waals surface area (Å²) < 4.78 is 23.2. The van der Waals surface area contributed by atoms with E-state index in [-0.39, 0.29) is 35.8 Å².